The number of ether oxygens (including phenoxy) is 2. The molecule has 0 spiro atoms. The summed E-state index contributed by atoms with van der Waals surface area (Å²) in [6.07, 6.45) is 0.388. The number of rotatable bonds is 9. The molecule has 0 amide bonds. The second-order valence-corrected chi connectivity index (χ2v) is 9.35. The SMILES string of the molecule is COc1ccc(CO[C@@H]([C@@H](C)[C@H](O)CO)[C@@H](C)C2SCCCS2)cc1. The molecule has 1 fully saturated rings. The number of thioether (sulfide) groups is 2. The van der Waals surface area contributed by atoms with Crippen molar-refractivity contribution in [3.8, 4) is 5.75 Å². The first kappa shape index (κ1) is 20.9. The van der Waals surface area contributed by atoms with Crippen LogP contribution in [0.3, 0.4) is 0 Å². The highest BCUT2D eigenvalue weighted by atomic mass is 32.2. The lowest BCUT2D eigenvalue weighted by molar-refractivity contribution is -0.0728. The van der Waals surface area contributed by atoms with Crippen LogP contribution in [0.5, 0.6) is 5.75 Å². The minimum atomic E-state index is -0.762. The molecule has 2 rings (SSSR count). The minimum absolute atomic E-state index is 0.104. The second-order valence-electron chi connectivity index (χ2n) is 6.56. The maximum atomic E-state index is 10.1. The Bertz CT molecular complexity index is 491. The molecule has 0 aromatic heterocycles. The molecule has 1 aliphatic rings. The minimum Gasteiger partial charge on any atom is -0.497 e. The number of hydrogen-bond acceptors (Lipinski definition) is 6. The van der Waals surface area contributed by atoms with E-state index >= 15 is 0 Å². The summed E-state index contributed by atoms with van der Waals surface area (Å²) in [5.74, 6) is 3.37. The first-order valence-electron chi connectivity index (χ1n) is 8.83. The van der Waals surface area contributed by atoms with Gasteiger partial charge in [-0.05, 0) is 35.6 Å². The quantitative estimate of drug-likeness (QED) is 0.678. The van der Waals surface area contributed by atoms with E-state index in [0.717, 1.165) is 11.3 Å². The van der Waals surface area contributed by atoms with Crippen molar-refractivity contribution in [2.45, 2.75) is 43.7 Å². The van der Waals surface area contributed by atoms with Gasteiger partial charge in [0.05, 0.1) is 37.1 Å². The fourth-order valence-corrected chi connectivity index (χ4v) is 6.19. The van der Waals surface area contributed by atoms with Crippen molar-refractivity contribution in [3.63, 3.8) is 0 Å². The Morgan fingerprint density at radius 3 is 2.36 bits per heavy atom. The molecule has 1 aromatic carbocycles. The molecule has 4 nitrogen and oxygen atoms in total. The largest absolute Gasteiger partial charge is 0.497 e. The zero-order valence-corrected chi connectivity index (χ0v) is 16.9. The van der Waals surface area contributed by atoms with Crippen molar-refractivity contribution in [1.29, 1.82) is 0 Å². The van der Waals surface area contributed by atoms with Crippen LogP contribution in [0.25, 0.3) is 0 Å². The fraction of sp³-hybridized carbons (Fsp3) is 0.684. The predicted molar refractivity (Wildman–Crippen MR) is 106 cm³/mol. The van der Waals surface area contributed by atoms with Gasteiger partial charge < -0.3 is 19.7 Å². The molecular formula is C19H30O4S2. The summed E-state index contributed by atoms with van der Waals surface area (Å²) in [6.45, 7) is 4.42. The number of methoxy groups -OCH3 is 1. The van der Waals surface area contributed by atoms with Gasteiger partial charge in [0, 0.05) is 11.8 Å². The second kappa shape index (κ2) is 10.7. The molecule has 0 saturated carbocycles. The molecule has 0 radical (unpaired) electrons. The Balaban J connectivity index is 2.04. The van der Waals surface area contributed by atoms with Crippen molar-refractivity contribution in [3.05, 3.63) is 29.8 Å². The van der Waals surface area contributed by atoms with Crippen LogP contribution in [0.1, 0.15) is 25.8 Å². The van der Waals surface area contributed by atoms with Crippen molar-refractivity contribution in [2.24, 2.45) is 11.8 Å². The summed E-state index contributed by atoms with van der Waals surface area (Å²) in [5, 5.41) is 19.5. The summed E-state index contributed by atoms with van der Waals surface area (Å²) in [6, 6.07) is 7.85. The molecule has 25 heavy (non-hydrogen) atoms. The van der Waals surface area contributed by atoms with Crippen LogP contribution < -0.4 is 4.74 Å². The van der Waals surface area contributed by atoms with E-state index in [2.05, 4.69) is 6.92 Å². The van der Waals surface area contributed by atoms with Gasteiger partial charge in [-0.15, -0.1) is 23.5 Å². The van der Waals surface area contributed by atoms with Gasteiger partial charge in [-0.3, -0.25) is 0 Å². The summed E-state index contributed by atoms with van der Waals surface area (Å²) in [5.41, 5.74) is 1.08. The van der Waals surface area contributed by atoms with Crippen molar-refractivity contribution in [2.75, 3.05) is 25.2 Å². The maximum Gasteiger partial charge on any atom is 0.118 e. The van der Waals surface area contributed by atoms with E-state index in [-0.39, 0.29) is 18.6 Å². The highest BCUT2D eigenvalue weighted by molar-refractivity contribution is 8.17. The van der Waals surface area contributed by atoms with Crippen LogP contribution in [0.15, 0.2) is 24.3 Å². The molecule has 4 atom stereocenters. The lowest BCUT2D eigenvalue weighted by atomic mass is 9.90. The van der Waals surface area contributed by atoms with Crippen molar-refractivity contribution >= 4 is 23.5 Å². The molecule has 6 heteroatoms. The van der Waals surface area contributed by atoms with Gasteiger partial charge >= 0.3 is 0 Å². The third kappa shape index (κ3) is 6.07. The molecule has 2 N–H and O–H groups in total. The van der Waals surface area contributed by atoms with E-state index in [1.165, 1.54) is 17.9 Å². The van der Waals surface area contributed by atoms with Crippen LogP contribution in [-0.2, 0) is 11.3 Å². The highest BCUT2D eigenvalue weighted by Crippen LogP contribution is 2.39. The number of benzene rings is 1. The van der Waals surface area contributed by atoms with Gasteiger partial charge in [0.1, 0.15) is 5.75 Å². The fourth-order valence-electron chi connectivity index (χ4n) is 3.05. The maximum absolute atomic E-state index is 10.1. The molecule has 0 unspecified atom stereocenters. The van der Waals surface area contributed by atoms with E-state index in [1.807, 2.05) is 54.7 Å². The lowest BCUT2D eigenvalue weighted by Gasteiger charge is -2.37. The number of hydrogen-bond donors (Lipinski definition) is 2. The van der Waals surface area contributed by atoms with Gasteiger partial charge in [-0.25, -0.2) is 0 Å². The standard InChI is InChI=1S/C19H30O4S2/c1-13(17(21)11-20)18(14(2)19-24-9-4-10-25-19)23-12-15-5-7-16(22-3)8-6-15/h5-8,13-14,17-21H,4,9-12H2,1-3H3/t13-,14+,17+,18-/m0/s1. The monoisotopic (exact) mass is 386 g/mol. The molecule has 1 heterocycles. The third-order valence-electron chi connectivity index (χ3n) is 4.71. The normalized spacial score (nSPS) is 20.7. The van der Waals surface area contributed by atoms with Crippen molar-refractivity contribution < 1.29 is 19.7 Å². The lowest BCUT2D eigenvalue weighted by Crippen LogP contribution is -2.41. The zero-order chi connectivity index (χ0) is 18.2. The van der Waals surface area contributed by atoms with Gasteiger partial charge in [-0.2, -0.15) is 0 Å². The Morgan fingerprint density at radius 2 is 1.80 bits per heavy atom. The van der Waals surface area contributed by atoms with Crippen LogP contribution in [0.2, 0.25) is 0 Å². The van der Waals surface area contributed by atoms with Gasteiger partial charge in [0.25, 0.3) is 0 Å². The summed E-state index contributed by atoms with van der Waals surface area (Å²) in [4.78, 5) is 0. The smallest absolute Gasteiger partial charge is 0.118 e. The van der Waals surface area contributed by atoms with Crippen LogP contribution >= 0.6 is 23.5 Å². The van der Waals surface area contributed by atoms with E-state index in [4.69, 9.17) is 9.47 Å². The van der Waals surface area contributed by atoms with Gasteiger partial charge in [0.2, 0.25) is 0 Å². The average molecular weight is 387 g/mol. The van der Waals surface area contributed by atoms with Crippen molar-refractivity contribution in [1.82, 2.24) is 0 Å². The Kier molecular flexibility index (Phi) is 8.93. The predicted octanol–water partition coefficient (Wildman–Crippen LogP) is 3.40. The first-order chi connectivity index (χ1) is 12.1. The average Bonchev–Trinajstić information content (AvgIpc) is 2.68. The molecule has 1 saturated heterocycles. The van der Waals surface area contributed by atoms with E-state index in [1.54, 1.807) is 7.11 Å². The van der Waals surface area contributed by atoms with E-state index in [0.29, 0.717) is 17.1 Å². The summed E-state index contributed by atoms with van der Waals surface area (Å²) >= 11 is 3.97. The van der Waals surface area contributed by atoms with Gasteiger partial charge in [-0.1, -0.05) is 26.0 Å². The Hall–Kier alpha value is -0.400. The highest BCUT2D eigenvalue weighted by Gasteiger charge is 2.35. The topological polar surface area (TPSA) is 58.9 Å². The molecule has 0 bridgehead atoms. The summed E-state index contributed by atoms with van der Waals surface area (Å²) < 4.78 is 11.9. The van der Waals surface area contributed by atoms with Crippen LogP contribution in [0.4, 0.5) is 0 Å². The third-order valence-corrected chi connectivity index (χ3v) is 8.10. The molecule has 142 valence electrons. The molecule has 0 aliphatic carbocycles. The van der Waals surface area contributed by atoms with Gasteiger partial charge in [0.15, 0.2) is 0 Å². The van der Waals surface area contributed by atoms with E-state index in [9.17, 15) is 10.2 Å². The van der Waals surface area contributed by atoms with Crippen LogP contribution in [-0.4, -0.2) is 52.2 Å². The van der Waals surface area contributed by atoms with E-state index < -0.39 is 6.10 Å². The number of aliphatic hydroxyl groups excluding tert-OH is 2. The summed E-state index contributed by atoms with van der Waals surface area (Å²) in [7, 11) is 1.65. The first-order valence-corrected chi connectivity index (χ1v) is 10.9. The Labute approximate surface area is 159 Å². The molecule has 1 aliphatic heterocycles. The molecule has 1 aromatic rings. The Morgan fingerprint density at radius 1 is 1.16 bits per heavy atom. The zero-order valence-electron chi connectivity index (χ0n) is 15.3. The number of aliphatic hydroxyl groups is 2. The van der Waals surface area contributed by atoms with Crippen LogP contribution in [0, 0.1) is 11.8 Å². The molecular weight excluding hydrogens is 356 g/mol.